The maximum absolute atomic E-state index is 5.90. The third kappa shape index (κ3) is 4.48. The molecule has 0 aliphatic carbocycles. The van der Waals surface area contributed by atoms with Crippen LogP contribution in [-0.4, -0.2) is 13.2 Å². The van der Waals surface area contributed by atoms with Crippen LogP contribution in [0.5, 0.6) is 11.5 Å². The highest BCUT2D eigenvalue weighted by molar-refractivity contribution is 9.10. The lowest BCUT2D eigenvalue weighted by molar-refractivity contribution is 0.282. The van der Waals surface area contributed by atoms with Crippen LogP contribution in [0, 0.1) is 0 Å². The SMILES string of the molecule is COc1cc(CC(C)N)cc(Br)c1OCc1ccccc1. The van der Waals surface area contributed by atoms with Crippen molar-refractivity contribution in [1.82, 2.24) is 0 Å². The summed E-state index contributed by atoms with van der Waals surface area (Å²) in [5.74, 6) is 1.44. The Morgan fingerprint density at radius 3 is 2.48 bits per heavy atom. The minimum atomic E-state index is 0.109. The molecule has 0 amide bonds. The first-order valence-corrected chi connectivity index (χ1v) is 7.68. The topological polar surface area (TPSA) is 44.5 Å². The number of methoxy groups -OCH3 is 1. The highest BCUT2D eigenvalue weighted by atomic mass is 79.9. The van der Waals surface area contributed by atoms with Crippen LogP contribution in [-0.2, 0) is 13.0 Å². The van der Waals surface area contributed by atoms with Crippen molar-refractivity contribution in [3.63, 3.8) is 0 Å². The van der Waals surface area contributed by atoms with E-state index in [1.165, 1.54) is 0 Å². The maximum atomic E-state index is 5.90. The van der Waals surface area contributed by atoms with E-state index >= 15 is 0 Å². The third-order valence-electron chi connectivity index (χ3n) is 3.07. The molecule has 1 atom stereocenters. The maximum Gasteiger partial charge on any atom is 0.175 e. The van der Waals surface area contributed by atoms with Crippen molar-refractivity contribution < 1.29 is 9.47 Å². The summed E-state index contributed by atoms with van der Waals surface area (Å²) < 4.78 is 12.2. The zero-order valence-corrected chi connectivity index (χ0v) is 13.9. The Morgan fingerprint density at radius 1 is 1.14 bits per heavy atom. The van der Waals surface area contributed by atoms with Gasteiger partial charge in [0, 0.05) is 6.04 Å². The Morgan fingerprint density at radius 2 is 1.86 bits per heavy atom. The lowest BCUT2D eigenvalue weighted by atomic mass is 10.1. The Labute approximate surface area is 134 Å². The van der Waals surface area contributed by atoms with Crippen molar-refractivity contribution in [2.24, 2.45) is 5.73 Å². The van der Waals surface area contributed by atoms with E-state index in [0.717, 1.165) is 33.5 Å². The van der Waals surface area contributed by atoms with Gasteiger partial charge in [-0.05, 0) is 52.5 Å². The van der Waals surface area contributed by atoms with Crippen molar-refractivity contribution in [2.75, 3.05) is 7.11 Å². The minimum absolute atomic E-state index is 0.109. The molecule has 2 rings (SSSR count). The van der Waals surface area contributed by atoms with E-state index in [-0.39, 0.29) is 6.04 Å². The van der Waals surface area contributed by atoms with Gasteiger partial charge in [0.05, 0.1) is 11.6 Å². The van der Waals surface area contributed by atoms with Gasteiger partial charge in [0.15, 0.2) is 11.5 Å². The summed E-state index contributed by atoms with van der Waals surface area (Å²) in [7, 11) is 1.65. The highest BCUT2D eigenvalue weighted by Gasteiger charge is 2.12. The molecule has 2 aromatic rings. The summed E-state index contributed by atoms with van der Waals surface area (Å²) in [4.78, 5) is 0. The average Bonchev–Trinajstić information content (AvgIpc) is 2.46. The summed E-state index contributed by atoms with van der Waals surface area (Å²) in [6.07, 6.45) is 0.800. The molecule has 1 unspecified atom stereocenters. The molecule has 0 spiro atoms. The van der Waals surface area contributed by atoms with Crippen molar-refractivity contribution >= 4 is 15.9 Å². The van der Waals surface area contributed by atoms with Crippen molar-refractivity contribution in [3.05, 3.63) is 58.1 Å². The molecule has 0 aliphatic heterocycles. The predicted molar refractivity (Wildman–Crippen MR) is 88.8 cm³/mol. The molecule has 0 bridgehead atoms. The number of nitrogens with two attached hydrogens (primary N) is 1. The molecule has 0 heterocycles. The third-order valence-corrected chi connectivity index (χ3v) is 3.66. The summed E-state index contributed by atoms with van der Waals surface area (Å²) in [6.45, 7) is 2.49. The number of hydrogen-bond acceptors (Lipinski definition) is 3. The molecular weight excluding hydrogens is 330 g/mol. The van der Waals surface area contributed by atoms with E-state index in [2.05, 4.69) is 15.9 Å². The van der Waals surface area contributed by atoms with Crippen molar-refractivity contribution in [2.45, 2.75) is 26.0 Å². The van der Waals surface area contributed by atoms with Gasteiger partial charge in [-0.15, -0.1) is 0 Å². The van der Waals surface area contributed by atoms with Crippen LogP contribution in [0.25, 0.3) is 0 Å². The van der Waals surface area contributed by atoms with E-state index in [1.54, 1.807) is 7.11 Å². The lowest BCUT2D eigenvalue weighted by Gasteiger charge is -2.15. The fourth-order valence-corrected chi connectivity index (χ4v) is 2.74. The fraction of sp³-hybridized carbons (Fsp3) is 0.294. The molecule has 2 N–H and O–H groups in total. The van der Waals surface area contributed by atoms with E-state index < -0.39 is 0 Å². The van der Waals surface area contributed by atoms with Crippen molar-refractivity contribution in [1.29, 1.82) is 0 Å². The molecule has 0 saturated carbocycles. The molecule has 3 nitrogen and oxygen atoms in total. The van der Waals surface area contributed by atoms with Crippen LogP contribution < -0.4 is 15.2 Å². The van der Waals surface area contributed by atoms with E-state index in [4.69, 9.17) is 15.2 Å². The van der Waals surface area contributed by atoms with E-state index in [0.29, 0.717) is 6.61 Å². The first kappa shape index (κ1) is 15.9. The molecule has 0 aliphatic rings. The van der Waals surface area contributed by atoms with Crippen LogP contribution in [0.4, 0.5) is 0 Å². The Kier molecular flexibility index (Phi) is 5.65. The smallest absolute Gasteiger partial charge is 0.175 e. The van der Waals surface area contributed by atoms with Gasteiger partial charge in [0.1, 0.15) is 6.61 Å². The van der Waals surface area contributed by atoms with Crippen LogP contribution in [0.3, 0.4) is 0 Å². The number of ether oxygens (including phenoxy) is 2. The van der Waals surface area contributed by atoms with Gasteiger partial charge in [0.2, 0.25) is 0 Å². The highest BCUT2D eigenvalue weighted by Crippen LogP contribution is 2.37. The number of benzene rings is 2. The van der Waals surface area contributed by atoms with Crippen LogP contribution in [0.15, 0.2) is 46.9 Å². The normalized spacial score (nSPS) is 12.0. The molecule has 2 aromatic carbocycles. The number of rotatable bonds is 6. The minimum Gasteiger partial charge on any atom is -0.493 e. The second kappa shape index (κ2) is 7.48. The van der Waals surface area contributed by atoms with Crippen LogP contribution >= 0.6 is 15.9 Å². The zero-order chi connectivity index (χ0) is 15.2. The first-order valence-electron chi connectivity index (χ1n) is 6.89. The molecule has 21 heavy (non-hydrogen) atoms. The molecule has 0 radical (unpaired) electrons. The molecular formula is C17H20BrNO2. The predicted octanol–water partition coefficient (Wildman–Crippen LogP) is 3.93. The quantitative estimate of drug-likeness (QED) is 0.859. The van der Waals surface area contributed by atoms with Gasteiger partial charge in [0.25, 0.3) is 0 Å². The summed E-state index contributed by atoms with van der Waals surface area (Å²) in [6, 6.07) is 14.2. The van der Waals surface area contributed by atoms with E-state index in [1.807, 2.05) is 49.4 Å². The Hall–Kier alpha value is -1.52. The van der Waals surface area contributed by atoms with Gasteiger partial charge < -0.3 is 15.2 Å². The Balaban J connectivity index is 2.18. The molecule has 112 valence electrons. The summed E-state index contributed by atoms with van der Waals surface area (Å²) >= 11 is 3.56. The largest absolute Gasteiger partial charge is 0.493 e. The van der Waals surface area contributed by atoms with Gasteiger partial charge in [-0.3, -0.25) is 0 Å². The molecule has 0 saturated heterocycles. The molecule has 0 aromatic heterocycles. The van der Waals surface area contributed by atoms with Crippen LogP contribution in [0.2, 0.25) is 0 Å². The lowest BCUT2D eigenvalue weighted by Crippen LogP contribution is -2.17. The van der Waals surface area contributed by atoms with E-state index in [9.17, 15) is 0 Å². The first-order chi connectivity index (χ1) is 10.1. The van der Waals surface area contributed by atoms with Gasteiger partial charge in [-0.1, -0.05) is 30.3 Å². The number of halogens is 1. The summed E-state index contributed by atoms with van der Waals surface area (Å²) in [5, 5.41) is 0. The van der Waals surface area contributed by atoms with Gasteiger partial charge in [-0.2, -0.15) is 0 Å². The summed E-state index contributed by atoms with van der Waals surface area (Å²) in [5.41, 5.74) is 8.09. The molecule has 0 fully saturated rings. The second-order valence-corrected chi connectivity index (χ2v) is 5.92. The zero-order valence-electron chi connectivity index (χ0n) is 12.3. The van der Waals surface area contributed by atoms with Crippen LogP contribution in [0.1, 0.15) is 18.1 Å². The van der Waals surface area contributed by atoms with Gasteiger partial charge in [-0.25, -0.2) is 0 Å². The average molecular weight is 350 g/mol. The second-order valence-electron chi connectivity index (χ2n) is 5.06. The Bertz CT molecular complexity index is 585. The number of hydrogen-bond donors (Lipinski definition) is 1. The van der Waals surface area contributed by atoms with Crippen molar-refractivity contribution in [3.8, 4) is 11.5 Å². The fourth-order valence-electron chi connectivity index (χ4n) is 2.13. The molecule has 4 heteroatoms. The standard InChI is InChI=1S/C17H20BrNO2/c1-12(19)8-14-9-15(18)17(16(10-14)20-2)21-11-13-6-4-3-5-7-13/h3-7,9-10,12H,8,11,19H2,1-2H3. The monoisotopic (exact) mass is 349 g/mol. The van der Waals surface area contributed by atoms with Gasteiger partial charge >= 0.3 is 0 Å².